The highest BCUT2D eigenvalue weighted by atomic mass is 32.1. The van der Waals surface area contributed by atoms with Gasteiger partial charge >= 0.3 is 0 Å². The maximum atomic E-state index is 12.5. The number of anilines is 1. The normalized spacial score (nSPS) is 10.5. The summed E-state index contributed by atoms with van der Waals surface area (Å²) in [5.74, 6) is -0.273. The number of aromatic nitrogens is 2. The number of nitrogens with zero attached hydrogens (tertiary/aromatic N) is 3. The van der Waals surface area contributed by atoms with Gasteiger partial charge in [0.25, 0.3) is 11.5 Å². The molecule has 24 heavy (non-hydrogen) atoms. The standard InChI is InChI=1S/C17H14N4O2S/c1-10-13-16(19-9-21(2)17(13)23)24-14(10)15(22)20-12-5-3-11(4-6-12)7-8-18/h3-6,9H,7H2,1-2H3,(H,20,22). The maximum Gasteiger partial charge on any atom is 0.266 e. The molecule has 7 heteroatoms. The summed E-state index contributed by atoms with van der Waals surface area (Å²) in [7, 11) is 1.63. The first-order chi connectivity index (χ1) is 11.5. The van der Waals surface area contributed by atoms with Crippen LogP contribution in [-0.4, -0.2) is 15.5 Å². The number of carbonyl (C=O) groups is 1. The summed E-state index contributed by atoms with van der Waals surface area (Å²) < 4.78 is 1.40. The molecule has 0 aliphatic rings. The lowest BCUT2D eigenvalue weighted by molar-refractivity contribution is 0.103. The Balaban J connectivity index is 1.92. The largest absolute Gasteiger partial charge is 0.321 e. The summed E-state index contributed by atoms with van der Waals surface area (Å²) >= 11 is 1.21. The zero-order valence-electron chi connectivity index (χ0n) is 13.2. The molecule has 0 saturated heterocycles. The van der Waals surface area contributed by atoms with Crippen molar-refractivity contribution in [1.29, 1.82) is 5.26 Å². The zero-order chi connectivity index (χ0) is 17.3. The molecule has 1 N–H and O–H groups in total. The lowest BCUT2D eigenvalue weighted by Gasteiger charge is -2.05. The molecule has 0 bridgehead atoms. The zero-order valence-corrected chi connectivity index (χ0v) is 14.0. The molecule has 0 aliphatic carbocycles. The molecule has 1 amide bonds. The number of nitrogens with one attached hydrogen (secondary N) is 1. The van der Waals surface area contributed by atoms with Gasteiger partial charge in [-0.1, -0.05) is 12.1 Å². The summed E-state index contributed by atoms with van der Waals surface area (Å²) in [5, 5.41) is 12.0. The fourth-order valence-electron chi connectivity index (χ4n) is 2.41. The van der Waals surface area contributed by atoms with Crippen molar-refractivity contribution in [2.75, 3.05) is 5.32 Å². The van der Waals surface area contributed by atoms with E-state index in [1.165, 1.54) is 22.2 Å². The van der Waals surface area contributed by atoms with Crippen LogP contribution in [0.1, 0.15) is 20.8 Å². The summed E-state index contributed by atoms with van der Waals surface area (Å²) in [5.41, 5.74) is 2.01. The van der Waals surface area contributed by atoms with E-state index in [1.807, 2.05) is 0 Å². The highest BCUT2D eigenvalue weighted by Gasteiger charge is 2.19. The molecule has 120 valence electrons. The molecule has 3 rings (SSSR count). The van der Waals surface area contributed by atoms with Gasteiger partial charge < -0.3 is 9.88 Å². The second kappa shape index (κ2) is 6.26. The second-order valence-electron chi connectivity index (χ2n) is 5.38. The fourth-order valence-corrected chi connectivity index (χ4v) is 3.45. The predicted molar refractivity (Wildman–Crippen MR) is 93.3 cm³/mol. The summed E-state index contributed by atoms with van der Waals surface area (Å²) in [4.78, 5) is 30.0. The molecule has 0 aliphatic heterocycles. The van der Waals surface area contributed by atoms with Crippen molar-refractivity contribution >= 4 is 33.1 Å². The minimum absolute atomic E-state index is 0.159. The Morgan fingerprint density at radius 2 is 2.08 bits per heavy atom. The van der Waals surface area contributed by atoms with E-state index in [0.717, 1.165) is 5.56 Å². The number of aryl methyl sites for hydroxylation is 2. The Labute approximate surface area is 142 Å². The van der Waals surface area contributed by atoms with Crippen LogP contribution in [0.15, 0.2) is 35.4 Å². The van der Waals surface area contributed by atoms with Crippen molar-refractivity contribution in [3.63, 3.8) is 0 Å². The van der Waals surface area contributed by atoms with Crippen LogP contribution in [0.4, 0.5) is 5.69 Å². The van der Waals surface area contributed by atoms with Gasteiger partial charge in [0.15, 0.2) is 0 Å². The van der Waals surface area contributed by atoms with Crippen molar-refractivity contribution < 1.29 is 4.79 Å². The van der Waals surface area contributed by atoms with Crippen molar-refractivity contribution in [1.82, 2.24) is 9.55 Å². The molecule has 0 spiro atoms. The van der Waals surface area contributed by atoms with Gasteiger partial charge in [0.1, 0.15) is 4.83 Å². The third-order valence-electron chi connectivity index (χ3n) is 3.71. The lowest BCUT2D eigenvalue weighted by atomic mass is 10.1. The van der Waals surface area contributed by atoms with Gasteiger partial charge in [0.2, 0.25) is 0 Å². The van der Waals surface area contributed by atoms with Crippen LogP contribution in [-0.2, 0) is 13.5 Å². The van der Waals surface area contributed by atoms with Crippen LogP contribution in [0.2, 0.25) is 0 Å². The Morgan fingerprint density at radius 3 is 2.75 bits per heavy atom. The van der Waals surface area contributed by atoms with E-state index in [-0.39, 0.29) is 11.5 Å². The van der Waals surface area contributed by atoms with Crippen LogP contribution in [0.5, 0.6) is 0 Å². The average molecular weight is 338 g/mol. The van der Waals surface area contributed by atoms with Crippen LogP contribution in [0.3, 0.4) is 0 Å². The van der Waals surface area contributed by atoms with Crippen molar-refractivity contribution in [2.24, 2.45) is 7.05 Å². The van der Waals surface area contributed by atoms with Crippen LogP contribution < -0.4 is 10.9 Å². The van der Waals surface area contributed by atoms with Crippen LogP contribution in [0.25, 0.3) is 10.2 Å². The first-order valence-corrected chi connectivity index (χ1v) is 8.05. The SMILES string of the molecule is Cc1c(C(=O)Nc2ccc(CC#N)cc2)sc2ncn(C)c(=O)c12. The van der Waals surface area contributed by atoms with E-state index in [0.29, 0.717) is 32.8 Å². The molecule has 1 aromatic carbocycles. The van der Waals surface area contributed by atoms with Gasteiger partial charge in [-0.2, -0.15) is 5.26 Å². The number of amides is 1. The molecule has 0 unspecified atom stereocenters. The molecule has 0 atom stereocenters. The quantitative estimate of drug-likeness (QED) is 0.795. The minimum atomic E-state index is -0.273. The van der Waals surface area contributed by atoms with Crippen molar-refractivity contribution in [2.45, 2.75) is 13.3 Å². The monoisotopic (exact) mass is 338 g/mol. The maximum absolute atomic E-state index is 12.5. The van der Waals surface area contributed by atoms with Crippen LogP contribution >= 0.6 is 11.3 Å². The molecule has 2 aromatic heterocycles. The third kappa shape index (κ3) is 2.79. The average Bonchev–Trinajstić information content (AvgIpc) is 2.91. The summed E-state index contributed by atoms with van der Waals surface area (Å²) in [6.07, 6.45) is 1.79. The number of nitriles is 1. The van der Waals surface area contributed by atoms with Crippen LogP contribution in [0, 0.1) is 18.3 Å². The highest BCUT2D eigenvalue weighted by molar-refractivity contribution is 7.20. The molecule has 0 saturated carbocycles. The molecular weight excluding hydrogens is 324 g/mol. The van der Waals surface area contributed by atoms with Gasteiger partial charge in [-0.25, -0.2) is 4.98 Å². The minimum Gasteiger partial charge on any atom is -0.321 e. The van der Waals surface area contributed by atoms with Crippen molar-refractivity contribution in [3.05, 3.63) is 57.0 Å². The molecule has 3 aromatic rings. The number of fused-ring (bicyclic) bond motifs is 1. The predicted octanol–water partition coefficient (Wildman–Crippen LogP) is 2.62. The Morgan fingerprint density at radius 1 is 1.38 bits per heavy atom. The van der Waals surface area contributed by atoms with Gasteiger partial charge in [-0.05, 0) is 30.2 Å². The number of hydrogen-bond donors (Lipinski definition) is 1. The molecule has 6 nitrogen and oxygen atoms in total. The second-order valence-corrected chi connectivity index (χ2v) is 6.38. The summed E-state index contributed by atoms with van der Waals surface area (Å²) in [6, 6.07) is 9.19. The Hall–Kier alpha value is -2.98. The van der Waals surface area contributed by atoms with Gasteiger partial charge in [0, 0.05) is 12.7 Å². The topological polar surface area (TPSA) is 87.8 Å². The number of benzene rings is 1. The number of carbonyl (C=O) groups excluding carboxylic acids is 1. The van der Waals surface area contributed by atoms with E-state index in [2.05, 4.69) is 16.4 Å². The fraction of sp³-hybridized carbons (Fsp3) is 0.176. The molecule has 0 radical (unpaired) electrons. The Kier molecular flexibility index (Phi) is 4.15. The van der Waals surface area contributed by atoms with E-state index >= 15 is 0 Å². The molecular formula is C17H14N4O2S. The van der Waals surface area contributed by atoms with E-state index in [9.17, 15) is 9.59 Å². The van der Waals surface area contributed by atoms with Gasteiger partial charge in [0.05, 0.1) is 29.1 Å². The number of hydrogen-bond acceptors (Lipinski definition) is 5. The first-order valence-electron chi connectivity index (χ1n) is 7.23. The lowest BCUT2D eigenvalue weighted by Crippen LogP contribution is -2.17. The highest BCUT2D eigenvalue weighted by Crippen LogP contribution is 2.27. The summed E-state index contributed by atoms with van der Waals surface area (Å²) in [6.45, 7) is 1.76. The smallest absolute Gasteiger partial charge is 0.266 e. The first kappa shape index (κ1) is 15.9. The van der Waals surface area contributed by atoms with E-state index in [4.69, 9.17) is 5.26 Å². The number of rotatable bonds is 3. The van der Waals surface area contributed by atoms with Crippen molar-refractivity contribution in [3.8, 4) is 6.07 Å². The van der Waals surface area contributed by atoms with E-state index in [1.54, 1.807) is 38.2 Å². The van der Waals surface area contributed by atoms with E-state index < -0.39 is 0 Å². The van der Waals surface area contributed by atoms with Gasteiger partial charge in [-0.15, -0.1) is 11.3 Å². The molecule has 2 heterocycles. The Bertz CT molecular complexity index is 1030. The third-order valence-corrected chi connectivity index (χ3v) is 4.91. The number of thiophene rings is 1. The molecule has 0 fully saturated rings. The van der Waals surface area contributed by atoms with Gasteiger partial charge in [-0.3, -0.25) is 9.59 Å².